The van der Waals surface area contributed by atoms with Crippen LogP contribution in [0, 0.1) is 0 Å². The summed E-state index contributed by atoms with van der Waals surface area (Å²) in [5, 5.41) is 1.17. The first kappa shape index (κ1) is 22.7. The Bertz CT molecular complexity index is 867. The minimum atomic E-state index is -1.27. The highest BCUT2D eigenvalue weighted by molar-refractivity contribution is 7.90. The highest BCUT2D eigenvalue weighted by atomic mass is 35.5. The number of hydrogen-bond acceptors (Lipinski definition) is 6. The Balaban J connectivity index is 2.55. The molecule has 0 bridgehead atoms. The maximum atomic E-state index is 12.5. The number of ether oxygens (including phenoxy) is 2. The molecule has 2 unspecified atom stereocenters. The molecule has 0 fully saturated rings. The van der Waals surface area contributed by atoms with Crippen molar-refractivity contribution in [2.24, 2.45) is 0 Å². The van der Waals surface area contributed by atoms with Crippen LogP contribution in [-0.2, 0) is 16.1 Å². The Labute approximate surface area is 174 Å². The van der Waals surface area contributed by atoms with Gasteiger partial charge in [-0.1, -0.05) is 11.6 Å². The molecule has 0 saturated carbocycles. The molecule has 1 aromatic heterocycles. The van der Waals surface area contributed by atoms with Gasteiger partial charge in [-0.3, -0.25) is 0 Å². The largest absolute Gasteiger partial charge is 0.598 e. The number of hydrogen-bond donors (Lipinski definition) is 1. The fourth-order valence-electron chi connectivity index (χ4n) is 2.57. The molecular weight excluding hydrogens is 400 g/mol. The molecule has 0 aliphatic rings. The van der Waals surface area contributed by atoms with Gasteiger partial charge in [0.2, 0.25) is 5.88 Å². The number of aromatic nitrogens is 1. The Kier molecular flexibility index (Phi) is 7.20. The van der Waals surface area contributed by atoms with E-state index in [1.807, 2.05) is 27.7 Å². The van der Waals surface area contributed by atoms with Crippen molar-refractivity contribution in [3.63, 3.8) is 0 Å². The van der Waals surface area contributed by atoms with Gasteiger partial charge in [0.1, 0.15) is 10.3 Å². The number of nitrogens with zero attached hydrogens (tertiary/aromatic N) is 1. The molecule has 0 amide bonds. The Morgan fingerprint density at radius 2 is 1.89 bits per heavy atom. The molecule has 2 aromatic rings. The summed E-state index contributed by atoms with van der Waals surface area (Å²) in [7, 11) is 1.45. The standard InChI is InChI=1S/C20H27ClN2O4S/c1-11(2)27-19(24)16-9-13-8-14(21)10-15(17(13)22-18(16)26-7)12(3)23-28(25)20(4,5)6/h8-12,23H,1-7H3. The van der Waals surface area contributed by atoms with Gasteiger partial charge < -0.3 is 14.0 Å². The maximum absolute atomic E-state index is 12.5. The van der Waals surface area contributed by atoms with E-state index in [9.17, 15) is 9.35 Å². The third-order valence-electron chi connectivity index (χ3n) is 3.94. The summed E-state index contributed by atoms with van der Waals surface area (Å²) < 4.78 is 25.8. The molecule has 0 aliphatic carbocycles. The Morgan fingerprint density at radius 3 is 2.43 bits per heavy atom. The molecule has 0 saturated heterocycles. The molecule has 0 spiro atoms. The molecule has 0 aliphatic heterocycles. The molecule has 1 aromatic carbocycles. The van der Waals surface area contributed by atoms with E-state index in [0.29, 0.717) is 15.9 Å². The first-order valence-electron chi connectivity index (χ1n) is 9.01. The topological polar surface area (TPSA) is 83.5 Å². The average molecular weight is 427 g/mol. The van der Waals surface area contributed by atoms with E-state index in [1.54, 1.807) is 32.0 Å². The minimum Gasteiger partial charge on any atom is -0.598 e. The van der Waals surface area contributed by atoms with Crippen LogP contribution in [0.3, 0.4) is 0 Å². The maximum Gasteiger partial charge on any atom is 0.343 e. The van der Waals surface area contributed by atoms with Gasteiger partial charge in [-0.15, -0.1) is 4.72 Å². The molecule has 2 rings (SSSR count). The zero-order valence-corrected chi connectivity index (χ0v) is 18.8. The molecule has 28 heavy (non-hydrogen) atoms. The number of nitrogens with one attached hydrogen (secondary N) is 1. The Morgan fingerprint density at radius 1 is 1.25 bits per heavy atom. The van der Waals surface area contributed by atoms with Crippen molar-refractivity contribution < 1.29 is 18.8 Å². The van der Waals surface area contributed by atoms with E-state index in [-0.39, 0.29) is 23.6 Å². The Hall–Kier alpha value is -1.54. The van der Waals surface area contributed by atoms with Crippen LogP contribution in [0.1, 0.15) is 63.5 Å². The van der Waals surface area contributed by atoms with Gasteiger partial charge in [-0.05, 0) is 59.7 Å². The fourth-order valence-corrected chi connectivity index (χ4v) is 3.61. The second-order valence-corrected chi connectivity index (χ2v) is 10.2. The van der Waals surface area contributed by atoms with Gasteiger partial charge in [-0.25, -0.2) is 9.78 Å². The monoisotopic (exact) mass is 426 g/mol. The number of halogens is 1. The van der Waals surface area contributed by atoms with Crippen molar-refractivity contribution in [3.8, 4) is 5.88 Å². The summed E-state index contributed by atoms with van der Waals surface area (Å²) in [6, 6.07) is 4.88. The van der Waals surface area contributed by atoms with Crippen molar-refractivity contribution in [2.45, 2.75) is 58.4 Å². The number of benzene rings is 1. The first-order chi connectivity index (χ1) is 12.9. The highest BCUT2D eigenvalue weighted by Crippen LogP contribution is 2.32. The van der Waals surface area contributed by atoms with Crippen LogP contribution in [0.4, 0.5) is 0 Å². The van der Waals surface area contributed by atoms with Crippen LogP contribution in [0.2, 0.25) is 5.02 Å². The number of methoxy groups -OCH3 is 1. The smallest absolute Gasteiger partial charge is 0.343 e. The lowest BCUT2D eigenvalue weighted by Gasteiger charge is -2.27. The SMILES string of the molecule is COc1nc2c(C(C)N[S+]([O-])C(C)(C)C)cc(Cl)cc2cc1C(=O)OC(C)C. The fraction of sp³-hybridized carbons (Fsp3) is 0.500. The van der Waals surface area contributed by atoms with Crippen LogP contribution in [-0.4, -0.2) is 33.5 Å². The predicted octanol–water partition coefficient (Wildman–Crippen LogP) is 4.57. The third-order valence-corrected chi connectivity index (χ3v) is 5.84. The van der Waals surface area contributed by atoms with Gasteiger partial charge in [0.25, 0.3) is 0 Å². The summed E-state index contributed by atoms with van der Waals surface area (Å²) >= 11 is 5.04. The van der Waals surface area contributed by atoms with E-state index in [4.69, 9.17) is 21.1 Å². The van der Waals surface area contributed by atoms with Crippen molar-refractivity contribution in [2.75, 3.05) is 7.11 Å². The van der Waals surface area contributed by atoms with Crippen LogP contribution < -0.4 is 9.46 Å². The number of esters is 1. The van der Waals surface area contributed by atoms with E-state index in [0.717, 1.165) is 5.56 Å². The van der Waals surface area contributed by atoms with Crippen LogP contribution >= 0.6 is 11.6 Å². The van der Waals surface area contributed by atoms with E-state index in [2.05, 4.69) is 9.71 Å². The third kappa shape index (κ3) is 5.29. The highest BCUT2D eigenvalue weighted by Gasteiger charge is 2.29. The van der Waals surface area contributed by atoms with Crippen LogP contribution in [0.25, 0.3) is 10.9 Å². The lowest BCUT2D eigenvalue weighted by molar-refractivity contribution is 0.0373. The molecular formula is C20H27ClN2O4S. The molecule has 8 heteroatoms. The summed E-state index contributed by atoms with van der Waals surface area (Å²) in [5.74, 6) is -0.339. The summed E-state index contributed by atoms with van der Waals surface area (Å²) in [6.07, 6.45) is -0.264. The number of pyridine rings is 1. The van der Waals surface area contributed by atoms with Gasteiger partial charge in [-0.2, -0.15) is 0 Å². The van der Waals surface area contributed by atoms with Gasteiger partial charge in [0, 0.05) is 27.3 Å². The first-order valence-corrected chi connectivity index (χ1v) is 10.5. The molecule has 0 radical (unpaired) electrons. The summed E-state index contributed by atoms with van der Waals surface area (Å²) in [5.41, 5.74) is 1.62. The van der Waals surface area contributed by atoms with Crippen molar-refractivity contribution >= 4 is 39.8 Å². The summed E-state index contributed by atoms with van der Waals surface area (Å²) in [4.78, 5) is 16.9. The second kappa shape index (κ2) is 8.86. The quantitative estimate of drug-likeness (QED) is 0.537. The molecule has 154 valence electrons. The minimum absolute atomic E-state index is 0.172. The number of fused-ring (bicyclic) bond motifs is 1. The van der Waals surface area contributed by atoms with Crippen molar-refractivity contribution in [1.82, 2.24) is 9.71 Å². The normalized spacial score (nSPS) is 14.2. The van der Waals surface area contributed by atoms with Crippen molar-refractivity contribution in [1.29, 1.82) is 0 Å². The van der Waals surface area contributed by atoms with Crippen LogP contribution in [0.15, 0.2) is 18.2 Å². The number of rotatable bonds is 6. The van der Waals surface area contributed by atoms with Gasteiger partial charge in [0.15, 0.2) is 0 Å². The van der Waals surface area contributed by atoms with E-state index in [1.165, 1.54) is 7.11 Å². The van der Waals surface area contributed by atoms with Gasteiger partial charge >= 0.3 is 5.97 Å². The second-order valence-electron chi connectivity index (χ2n) is 7.79. The molecule has 1 N–H and O–H groups in total. The van der Waals surface area contributed by atoms with Gasteiger partial charge in [0.05, 0.1) is 24.8 Å². The van der Waals surface area contributed by atoms with E-state index < -0.39 is 22.1 Å². The zero-order valence-electron chi connectivity index (χ0n) is 17.3. The predicted molar refractivity (Wildman–Crippen MR) is 113 cm³/mol. The molecule has 1 heterocycles. The average Bonchev–Trinajstić information content (AvgIpc) is 2.58. The number of carbonyl (C=O) groups excluding carboxylic acids is 1. The molecule has 2 atom stereocenters. The summed E-state index contributed by atoms with van der Waals surface area (Å²) in [6.45, 7) is 11.1. The number of carbonyl (C=O) groups is 1. The van der Waals surface area contributed by atoms with Crippen LogP contribution in [0.5, 0.6) is 5.88 Å². The van der Waals surface area contributed by atoms with Crippen molar-refractivity contribution in [3.05, 3.63) is 34.3 Å². The zero-order chi connectivity index (χ0) is 21.2. The lowest BCUT2D eigenvalue weighted by Crippen LogP contribution is -2.40. The van der Waals surface area contributed by atoms with E-state index >= 15 is 0 Å². The molecule has 6 nitrogen and oxygen atoms in total. The lowest BCUT2D eigenvalue weighted by atomic mass is 10.0.